The Kier molecular flexibility index (Phi) is 8.95. The topological polar surface area (TPSA) is 131 Å². The van der Waals surface area contributed by atoms with Gasteiger partial charge in [-0.05, 0) is 59.2 Å². The van der Waals surface area contributed by atoms with Crippen LogP contribution in [0.3, 0.4) is 0 Å². The van der Waals surface area contributed by atoms with Crippen LogP contribution in [0.4, 0.5) is 23.7 Å². The maximum absolute atomic E-state index is 13.0. The van der Waals surface area contributed by atoms with Crippen LogP contribution in [0.2, 0.25) is 0 Å². The zero-order valence-electron chi connectivity index (χ0n) is 19.6. The summed E-state index contributed by atoms with van der Waals surface area (Å²) in [7, 11) is -4.44. The fourth-order valence-electron chi connectivity index (χ4n) is 2.45. The third kappa shape index (κ3) is 11.2. The first-order valence-corrected chi connectivity index (χ1v) is 11.4. The second-order valence-corrected chi connectivity index (χ2v) is 10.6. The van der Waals surface area contributed by atoms with E-state index in [2.05, 4.69) is 0 Å². The normalized spacial score (nSPS) is 12.5. The van der Waals surface area contributed by atoms with Crippen molar-refractivity contribution in [3.8, 4) is 0 Å². The monoisotopic (exact) mass is 511 g/mol. The standard InChI is InChI=1S/C20H28F3N3O7S/c1-18(2,3)32-15(27)12-26(16(28)20(21,22)23)11-13-8-7-9-14(10-13)24-34(30,31)25-17(29)33-19(4,5)6/h7-10,24H,11-12H2,1-6H3,(H,25,29). The summed E-state index contributed by atoms with van der Waals surface area (Å²) in [4.78, 5) is 35.8. The Morgan fingerprint density at radius 2 is 1.53 bits per heavy atom. The number of benzene rings is 1. The Morgan fingerprint density at radius 3 is 2.03 bits per heavy atom. The fraction of sp³-hybridized carbons (Fsp3) is 0.550. The third-order valence-corrected chi connectivity index (χ3v) is 4.38. The van der Waals surface area contributed by atoms with Crippen LogP contribution in [-0.2, 0) is 35.8 Å². The summed E-state index contributed by atoms with van der Waals surface area (Å²) in [5, 5.41) is 0. The highest BCUT2D eigenvalue weighted by Gasteiger charge is 2.43. The van der Waals surface area contributed by atoms with Crippen molar-refractivity contribution < 1.29 is 45.4 Å². The molecule has 2 N–H and O–H groups in total. The molecular formula is C20H28F3N3O7S. The number of carbonyl (C=O) groups is 3. The number of esters is 1. The summed E-state index contributed by atoms with van der Waals surface area (Å²) in [5.74, 6) is -3.32. The second-order valence-electron chi connectivity index (χ2n) is 9.16. The van der Waals surface area contributed by atoms with Gasteiger partial charge in [0, 0.05) is 6.54 Å². The Labute approximate surface area is 196 Å². The van der Waals surface area contributed by atoms with E-state index in [1.807, 2.05) is 4.72 Å². The van der Waals surface area contributed by atoms with Crippen LogP contribution in [-0.4, -0.2) is 55.2 Å². The van der Waals surface area contributed by atoms with Gasteiger partial charge in [-0.15, -0.1) is 0 Å². The molecule has 1 rings (SSSR count). The molecule has 192 valence electrons. The second kappa shape index (κ2) is 10.5. The number of carbonyl (C=O) groups excluding carboxylic acids is 3. The van der Waals surface area contributed by atoms with E-state index < -0.39 is 58.6 Å². The number of halogens is 3. The molecule has 34 heavy (non-hydrogen) atoms. The van der Waals surface area contributed by atoms with Crippen molar-refractivity contribution in [1.82, 2.24) is 9.62 Å². The van der Waals surface area contributed by atoms with Gasteiger partial charge in [-0.3, -0.25) is 14.3 Å². The van der Waals surface area contributed by atoms with E-state index in [-0.39, 0.29) is 16.2 Å². The number of anilines is 1. The van der Waals surface area contributed by atoms with Crippen molar-refractivity contribution in [2.24, 2.45) is 0 Å². The van der Waals surface area contributed by atoms with Crippen molar-refractivity contribution >= 4 is 33.9 Å². The molecule has 0 aromatic heterocycles. The summed E-state index contributed by atoms with van der Waals surface area (Å²) in [6.45, 7) is 7.48. The molecule has 0 saturated heterocycles. The van der Waals surface area contributed by atoms with Crippen LogP contribution in [0.15, 0.2) is 24.3 Å². The van der Waals surface area contributed by atoms with E-state index in [1.54, 1.807) is 4.72 Å². The largest absolute Gasteiger partial charge is 0.471 e. The molecule has 14 heteroatoms. The minimum absolute atomic E-state index is 0.0682. The van der Waals surface area contributed by atoms with E-state index in [0.717, 1.165) is 6.07 Å². The quantitative estimate of drug-likeness (QED) is 0.538. The molecule has 0 aliphatic heterocycles. The first-order chi connectivity index (χ1) is 15.2. The summed E-state index contributed by atoms with van der Waals surface area (Å²) in [5.41, 5.74) is -1.99. The number of amides is 2. The number of alkyl halides is 3. The van der Waals surface area contributed by atoms with Gasteiger partial charge in [0.25, 0.3) is 0 Å². The van der Waals surface area contributed by atoms with Crippen molar-refractivity contribution in [2.75, 3.05) is 11.3 Å². The fourth-order valence-corrected chi connectivity index (χ4v) is 3.20. The highest BCUT2D eigenvalue weighted by molar-refractivity contribution is 7.91. The molecule has 0 saturated carbocycles. The smallest absolute Gasteiger partial charge is 0.459 e. The molecule has 0 heterocycles. The third-order valence-electron chi connectivity index (χ3n) is 3.44. The SMILES string of the molecule is CC(C)(C)OC(=O)CN(Cc1cccc(NS(=O)(=O)NC(=O)OC(C)(C)C)c1)C(=O)C(F)(F)F. The zero-order valence-corrected chi connectivity index (χ0v) is 20.4. The lowest BCUT2D eigenvalue weighted by Gasteiger charge is -2.26. The molecule has 0 spiro atoms. The van der Waals surface area contributed by atoms with Gasteiger partial charge in [0.2, 0.25) is 0 Å². The molecule has 0 aliphatic carbocycles. The Morgan fingerprint density at radius 1 is 0.971 bits per heavy atom. The minimum Gasteiger partial charge on any atom is -0.459 e. The molecule has 1 aromatic rings. The Hall–Kier alpha value is -3.03. The molecule has 0 atom stereocenters. The minimum atomic E-state index is -5.25. The summed E-state index contributed by atoms with van der Waals surface area (Å²) >= 11 is 0. The van der Waals surface area contributed by atoms with E-state index in [4.69, 9.17) is 9.47 Å². The number of nitrogens with one attached hydrogen (secondary N) is 2. The van der Waals surface area contributed by atoms with Crippen molar-refractivity contribution in [3.63, 3.8) is 0 Å². The van der Waals surface area contributed by atoms with Gasteiger partial charge < -0.3 is 14.4 Å². The number of hydrogen-bond donors (Lipinski definition) is 2. The summed E-state index contributed by atoms with van der Waals surface area (Å²) in [6, 6.07) is 5.04. The summed E-state index contributed by atoms with van der Waals surface area (Å²) < 4.78 is 76.9. The van der Waals surface area contributed by atoms with Crippen LogP contribution in [0.5, 0.6) is 0 Å². The molecule has 0 unspecified atom stereocenters. The predicted molar refractivity (Wildman–Crippen MR) is 116 cm³/mol. The molecule has 0 aliphatic rings. The van der Waals surface area contributed by atoms with E-state index in [1.165, 1.54) is 59.7 Å². The number of nitrogens with zero attached hydrogens (tertiary/aromatic N) is 1. The van der Waals surface area contributed by atoms with Crippen LogP contribution < -0.4 is 9.44 Å². The number of hydrogen-bond acceptors (Lipinski definition) is 7. The van der Waals surface area contributed by atoms with Gasteiger partial charge >= 0.3 is 34.4 Å². The lowest BCUT2D eigenvalue weighted by molar-refractivity contribution is -0.188. The highest BCUT2D eigenvalue weighted by atomic mass is 32.2. The average Bonchev–Trinajstić information content (AvgIpc) is 2.55. The van der Waals surface area contributed by atoms with Crippen LogP contribution in [0.25, 0.3) is 0 Å². The molecule has 0 bridgehead atoms. The maximum atomic E-state index is 13.0. The van der Waals surface area contributed by atoms with Crippen LogP contribution >= 0.6 is 0 Å². The lowest BCUT2D eigenvalue weighted by atomic mass is 10.2. The van der Waals surface area contributed by atoms with E-state index in [9.17, 15) is 36.0 Å². The average molecular weight is 512 g/mol. The molecule has 0 fully saturated rings. The maximum Gasteiger partial charge on any atom is 0.471 e. The van der Waals surface area contributed by atoms with Gasteiger partial charge in [-0.1, -0.05) is 12.1 Å². The lowest BCUT2D eigenvalue weighted by Crippen LogP contribution is -2.44. The van der Waals surface area contributed by atoms with Gasteiger partial charge in [0.1, 0.15) is 17.7 Å². The molecular weight excluding hydrogens is 483 g/mol. The van der Waals surface area contributed by atoms with Gasteiger partial charge in [-0.25, -0.2) is 9.52 Å². The van der Waals surface area contributed by atoms with Crippen molar-refractivity contribution in [3.05, 3.63) is 29.8 Å². The Balaban J connectivity index is 3.04. The zero-order chi connectivity index (χ0) is 26.5. The molecule has 10 nitrogen and oxygen atoms in total. The van der Waals surface area contributed by atoms with E-state index in [0.29, 0.717) is 0 Å². The Bertz CT molecular complexity index is 1010. The van der Waals surface area contributed by atoms with Gasteiger partial charge in [-0.2, -0.15) is 21.6 Å². The van der Waals surface area contributed by atoms with Crippen molar-refractivity contribution in [1.29, 1.82) is 0 Å². The van der Waals surface area contributed by atoms with E-state index >= 15 is 0 Å². The summed E-state index contributed by atoms with van der Waals surface area (Å²) in [6.07, 6.45) is -6.49. The molecule has 0 radical (unpaired) electrons. The molecule has 2 amide bonds. The van der Waals surface area contributed by atoms with Crippen LogP contribution in [0, 0.1) is 0 Å². The number of rotatable bonds is 7. The molecule has 1 aromatic carbocycles. The van der Waals surface area contributed by atoms with Crippen LogP contribution in [0.1, 0.15) is 47.1 Å². The van der Waals surface area contributed by atoms with Gasteiger partial charge in [0.15, 0.2) is 0 Å². The predicted octanol–water partition coefficient (Wildman–Crippen LogP) is 3.10. The highest BCUT2D eigenvalue weighted by Crippen LogP contribution is 2.22. The first-order valence-electron chi connectivity index (χ1n) is 9.87. The van der Waals surface area contributed by atoms with Crippen molar-refractivity contribution in [2.45, 2.75) is 65.5 Å². The van der Waals surface area contributed by atoms with Gasteiger partial charge in [0.05, 0.1) is 5.69 Å². The first kappa shape index (κ1) is 29.0. The number of ether oxygens (including phenoxy) is 2.